The first kappa shape index (κ1) is 31.8. The topological polar surface area (TPSA) is 35.6 Å². The van der Waals surface area contributed by atoms with Gasteiger partial charge in [-0.15, -0.1) is 0 Å². The summed E-state index contributed by atoms with van der Waals surface area (Å²) in [7, 11) is 0. The second kappa shape index (κ2) is 12.5. The van der Waals surface area contributed by atoms with Gasteiger partial charge in [0.2, 0.25) is 0 Å². The van der Waals surface area contributed by atoms with Crippen LogP contribution in [0.1, 0.15) is 11.1 Å². The Morgan fingerprint density at radius 1 is 0.351 bits per heavy atom. The van der Waals surface area contributed by atoms with Gasteiger partial charge in [0.1, 0.15) is 0 Å². The van der Waals surface area contributed by atoms with Gasteiger partial charge < -0.3 is 9.13 Å². The Labute approximate surface area is 329 Å². The van der Waals surface area contributed by atoms with Gasteiger partial charge in [0.15, 0.2) is 5.82 Å². The number of hydrogen-bond acceptors (Lipinski definition) is 2. The van der Waals surface area contributed by atoms with E-state index < -0.39 is 0 Å². The zero-order chi connectivity index (χ0) is 37.5. The summed E-state index contributed by atoms with van der Waals surface area (Å²) in [5, 5.41) is 4.93. The molecule has 0 fully saturated rings. The smallest absolute Gasteiger partial charge is 0.160 e. The van der Waals surface area contributed by atoms with E-state index in [2.05, 4.69) is 197 Å². The molecule has 0 bridgehead atoms. The van der Waals surface area contributed by atoms with Crippen LogP contribution in [0.4, 0.5) is 0 Å². The number of nitrogens with zero attached hydrogens (tertiary/aromatic N) is 4. The third-order valence-corrected chi connectivity index (χ3v) is 11.7. The van der Waals surface area contributed by atoms with Crippen LogP contribution < -0.4 is 0 Å². The average molecular weight is 727 g/mol. The van der Waals surface area contributed by atoms with E-state index in [9.17, 15) is 0 Å². The number of hydrogen-bond donors (Lipinski definition) is 0. The molecule has 0 saturated heterocycles. The first-order chi connectivity index (χ1) is 28.3. The zero-order valence-corrected chi connectivity index (χ0v) is 31.0. The Morgan fingerprint density at radius 3 is 1.54 bits per heavy atom. The van der Waals surface area contributed by atoms with Crippen molar-refractivity contribution in [2.24, 2.45) is 0 Å². The molecule has 1 aliphatic carbocycles. The fraction of sp³-hybridized carbons (Fsp3) is 0.0189. The number of fused-ring (bicyclic) bond motifs is 9. The molecule has 1 aliphatic rings. The highest BCUT2D eigenvalue weighted by Gasteiger charge is 2.27. The predicted molar refractivity (Wildman–Crippen MR) is 235 cm³/mol. The minimum Gasteiger partial charge on any atom is -0.309 e. The van der Waals surface area contributed by atoms with E-state index in [0.717, 1.165) is 46.1 Å². The Bertz CT molecular complexity index is 3340. The SMILES string of the molecule is c1ccc(-c2nc(-c3ccccc3)c3c(n2)-c2cc(-c4ccc5c(c4)c4cc6c(cc4n5-c4ccccc4)c4ccccc4n6-c4ccccc4)ccc2C3)cc1. The molecule has 0 spiro atoms. The Balaban J connectivity index is 1.08. The molecule has 57 heavy (non-hydrogen) atoms. The van der Waals surface area contributed by atoms with Gasteiger partial charge in [-0.25, -0.2) is 9.97 Å². The molecule has 0 aliphatic heterocycles. The van der Waals surface area contributed by atoms with E-state index in [4.69, 9.17) is 9.97 Å². The van der Waals surface area contributed by atoms with Gasteiger partial charge in [-0.05, 0) is 77.4 Å². The van der Waals surface area contributed by atoms with Crippen molar-refractivity contribution in [2.45, 2.75) is 6.42 Å². The maximum atomic E-state index is 5.28. The zero-order valence-electron chi connectivity index (χ0n) is 31.0. The largest absolute Gasteiger partial charge is 0.309 e. The van der Waals surface area contributed by atoms with Crippen molar-refractivity contribution in [1.82, 2.24) is 19.1 Å². The fourth-order valence-corrected chi connectivity index (χ4v) is 9.12. The summed E-state index contributed by atoms with van der Waals surface area (Å²) in [6.45, 7) is 0. The van der Waals surface area contributed by atoms with Crippen LogP contribution in [0.2, 0.25) is 0 Å². The number of benzene rings is 8. The lowest BCUT2D eigenvalue weighted by atomic mass is 9.98. The second-order valence-corrected chi connectivity index (χ2v) is 15.0. The minimum absolute atomic E-state index is 0.751. The van der Waals surface area contributed by atoms with E-state index >= 15 is 0 Å². The molecule has 0 atom stereocenters. The monoisotopic (exact) mass is 726 g/mol. The molecule has 4 nitrogen and oxygen atoms in total. The van der Waals surface area contributed by atoms with Gasteiger partial charge in [0.25, 0.3) is 0 Å². The van der Waals surface area contributed by atoms with Crippen LogP contribution in [0, 0.1) is 0 Å². The maximum absolute atomic E-state index is 5.28. The molecule has 266 valence electrons. The molecule has 0 saturated carbocycles. The lowest BCUT2D eigenvalue weighted by Crippen LogP contribution is -1.99. The highest BCUT2D eigenvalue weighted by atomic mass is 15.0. The van der Waals surface area contributed by atoms with Gasteiger partial charge in [-0.3, -0.25) is 0 Å². The predicted octanol–water partition coefficient (Wildman–Crippen LogP) is 13.2. The molecule has 12 rings (SSSR count). The number of para-hydroxylation sites is 3. The van der Waals surface area contributed by atoms with Crippen LogP contribution >= 0.6 is 0 Å². The Hall–Kier alpha value is -7.56. The number of aromatic nitrogens is 4. The van der Waals surface area contributed by atoms with E-state index in [1.54, 1.807) is 0 Å². The van der Waals surface area contributed by atoms with Crippen LogP contribution in [0.3, 0.4) is 0 Å². The van der Waals surface area contributed by atoms with E-state index in [-0.39, 0.29) is 0 Å². The summed E-state index contributed by atoms with van der Waals surface area (Å²) in [5.41, 5.74) is 17.2. The quantitative estimate of drug-likeness (QED) is 0.177. The second-order valence-electron chi connectivity index (χ2n) is 15.0. The summed E-state index contributed by atoms with van der Waals surface area (Å²) in [5.74, 6) is 0.751. The third-order valence-electron chi connectivity index (χ3n) is 11.7. The summed E-state index contributed by atoms with van der Waals surface area (Å²) in [4.78, 5) is 10.5. The van der Waals surface area contributed by atoms with Crippen LogP contribution in [0.15, 0.2) is 194 Å². The van der Waals surface area contributed by atoms with Gasteiger partial charge in [-0.1, -0.05) is 133 Å². The summed E-state index contributed by atoms with van der Waals surface area (Å²) < 4.78 is 4.83. The fourth-order valence-electron chi connectivity index (χ4n) is 9.12. The van der Waals surface area contributed by atoms with Gasteiger partial charge >= 0.3 is 0 Å². The van der Waals surface area contributed by atoms with Gasteiger partial charge in [-0.2, -0.15) is 0 Å². The van der Waals surface area contributed by atoms with Gasteiger partial charge in [0, 0.05) is 61.6 Å². The van der Waals surface area contributed by atoms with Crippen molar-refractivity contribution in [3.8, 4) is 56.4 Å². The van der Waals surface area contributed by atoms with E-state index in [1.165, 1.54) is 71.4 Å². The summed E-state index contributed by atoms with van der Waals surface area (Å²) in [6.07, 6.45) is 0.805. The lowest BCUT2D eigenvalue weighted by Gasteiger charge is -2.11. The third kappa shape index (κ3) is 4.94. The standard InChI is InChI=1S/C53H34N4/c1-5-15-34(16-6-1)51-46-31-38-26-25-36(29-42(38)52(46)55-53(54-51)35-17-7-2-8-18-35)37-27-28-48-43(30-37)45-33-49-44(32-50(45)57(48)40-21-11-4-12-22-40)41-23-13-14-24-47(41)56(49)39-19-9-3-10-20-39/h1-30,32-33H,31H2. The Kier molecular flexibility index (Phi) is 6.96. The molecule has 4 heteroatoms. The van der Waals surface area contributed by atoms with Crippen LogP contribution in [0.5, 0.6) is 0 Å². The highest BCUT2D eigenvalue weighted by molar-refractivity contribution is 6.19. The summed E-state index contributed by atoms with van der Waals surface area (Å²) in [6, 6.07) is 69.8. The molecule has 3 heterocycles. The molecule has 0 N–H and O–H groups in total. The van der Waals surface area contributed by atoms with E-state index in [1.807, 2.05) is 6.07 Å². The first-order valence-corrected chi connectivity index (χ1v) is 19.5. The van der Waals surface area contributed by atoms with Gasteiger partial charge in [0.05, 0.1) is 33.5 Å². The molecule has 0 unspecified atom stereocenters. The molecule has 8 aromatic carbocycles. The first-order valence-electron chi connectivity index (χ1n) is 19.5. The molecular weight excluding hydrogens is 693 g/mol. The Morgan fingerprint density at radius 2 is 0.860 bits per heavy atom. The van der Waals surface area contributed by atoms with Crippen molar-refractivity contribution < 1.29 is 0 Å². The molecular formula is C53H34N4. The lowest BCUT2D eigenvalue weighted by molar-refractivity contribution is 1.13. The normalized spacial score (nSPS) is 12.1. The van der Waals surface area contributed by atoms with Crippen LogP contribution in [-0.4, -0.2) is 19.1 Å². The molecule has 0 radical (unpaired) electrons. The maximum Gasteiger partial charge on any atom is 0.160 e. The average Bonchev–Trinajstić information content (AvgIpc) is 3.93. The van der Waals surface area contributed by atoms with Crippen molar-refractivity contribution in [1.29, 1.82) is 0 Å². The van der Waals surface area contributed by atoms with Crippen molar-refractivity contribution >= 4 is 43.6 Å². The van der Waals surface area contributed by atoms with Crippen molar-refractivity contribution in [2.75, 3.05) is 0 Å². The minimum atomic E-state index is 0.751. The molecule has 3 aromatic heterocycles. The van der Waals surface area contributed by atoms with Crippen LogP contribution in [-0.2, 0) is 6.42 Å². The molecule has 0 amide bonds. The summed E-state index contributed by atoms with van der Waals surface area (Å²) >= 11 is 0. The molecule has 11 aromatic rings. The number of rotatable bonds is 5. The van der Waals surface area contributed by atoms with Crippen LogP contribution in [0.25, 0.3) is 100 Å². The van der Waals surface area contributed by atoms with E-state index in [0.29, 0.717) is 0 Å². The van der Waals surface area contributed by atoms with Crippen molar-refractivity contribution in [3.05, 3.63) is 205 Å². The van der Waals surface area contributed by atoms with Crippen molar-refractivity contribution in [3.63, 3.8) is 0 Å². The highest BCUT2D eigenvalue weighted by Crippen LogP contribution is 2.44.